The smallest absolute Gasteiger partial charge is 0.120 e. The SMILES string of the molecule is C/C(=C\C(CC=O)C(C)(C)C)c1ccccc1. The molecular weight excluding hydrogens is 208 g/mol. The van der Waals surface area contributed by atoms with E-state index in [0.29, 0.717) is 12.3 Å². The van der Waals surface area contributed by atoms with Gasteiger partial charge in [0.15, 0.2) is 0 Å². The summed E-state index contributed by atoms with van der Waals surface area (Å²) < 4.78 is 0. The minimum Gasteiger partial charge on any atom is -0.303 e. The van der Waals surface area contributed by atoms with Crippen LogP contribution in [0.4, 0.5) is 0 Å². The van der Waals surface area contributed by atoms with Crippen LogP contribution in [0.3, 0.4) is 0 Å². The van der Waals surface area contributed by atoms with Gasteiger partial charge in [-0.15, -0.1) is 0 Å². The molecule has 0 aliphatic carbocycles. The largest absolute Gasteiger partial charge is 0.303 e. The molecule has 0 saturated heterocycles. The molecule has 0 amide bonds. The van der Waals surface area contributed by atoms with Gasteiger partial charge in [-0.1, -0.05) is 57.2 Å². The summed E-state index contributed by atoms with van der Waals surface area (Å²) in [5.41, 5.74) is 2.59. The van der Waals surface area contributed by atoms with Gasteiger partial charge < -0.3 is 4.79 Å². The number of carbonyl (C=O) groups is 1. The second-order valence-corrected chi connectivity index (χ2v) is 5.59. The van der Waals surface area contributed by atoms with E-state index in [2.05, 4.69) is 45.9 Å². The van der Waals surface area contributed by atoms with E-state index in [-0.39, 0.29) is 5.41 Å². The van der Waals surface area contributed by atoms with Gasteiger partial charge in [-0.2, -0.15) is 0 Å². The van der Waals surface area contributed by atoms with Crippen molar-refractivity contribution in [2.24, 2.45) is 11.3 Å². The van der Waals surface area contributed by atoms with Crippen molar-refractivity contribution in [3.05, 3.63) is 42.0 Å². The Labute approximate surface area is 105 Å². The topological polar surface area (TPSA) is 17.1 Å². The first-order valence-electron chi connectivity index (χ1n) is 6.12. The second-order valence-electron chi connectivity index (χ2n) is 5.59. The predicted octanol–water partition coefficient (Wildman–Crippen LogP) is 4.34. The first-order chi connectivity index (χ1) is 7.95. The second kappa shape index (κ2) is 5.81. The summed E-state index contributed by atoms with van der Waals surface area (Å²) in [5, 5.41) is 0. The highest BCUT2D eigenvalue weighted by atomic mass is 16.1. The summed E-state index contributed by atoms with van der Waals surface area (Å²) >= 11 is 0. The van der Waals surface area contributed by atoms with Crippen LogP contribution in [0, 0.1) is 11.3 Å². The maximum Gasteiger partial charge on any atom is 0.120 e. The summed E-state index contributed by atoms with van der Waals surface area (Å²) in [5.74, 6) is 0.292. The van der Waals surface area contributed by atoms with Crippen molar-refractivity contribution in [1.82, 2.24) is 0 Å². The highest BCUT2D eigenvalue weighted by Crippen LogP contribution is 2.31. The molecule has 0 aliphatic heterocycles. The molecule has 17 heavy (non-hydrogen) atoms. The van der Waals surface area contributed by atoms with Crippen molar-refractivity contribution in [2.75, 3.05) is 0 Å². The summed E-state index contributed by atoms with van der Waals surface area (Å²) in [7, 11) is 0. The van der Waals surface area contributed by atoms with E-state index < -0.39 is 0 Å². The monoisotopic (exact) mass is 230 g/mol. The Morgan fingerprint density at radius 2 is 1.82 bits per heavy atom. The first-order valence-corrected chi connectivity index (χ1v) is 6.12. The van der Waals surface area contributed by atoms with Gasteiger partial charge in [-0.05, 0) is 29.4 Å². The summed E-state index contributed by atoms with van der Waals surface area (Å²) in [6, 6.07) is 10.3. The molecule has 0 heterocycles. The molecule has 1 heteroatoms. The minimum atomic E-state index is 0.122. The van der Waals surface area contributed by atoms with Crippen molar-refractivity contribution in [1.29, 1.82) is 0 Å². The van der Waals surface area contributed by atoms with Crippen molar-refractivity contribution < 1.29 is 4.79 Å². The van der Waals surface area contributed by atoms with Crippen molar-refractivity contribution in [3.8, 4) is 0 Å². The summed E-state index contributed by atoms with van der Waals surface area (Å²) in [4.78, 5) is 10.8. The fourth-order valence-electron chi connectivity index (χ4n) is 1.87. The number of rotatable bonds is 4. The third-order valence-corrected chi connectivity index (χ3v) is 3.14. The van der Waals surface area contributed by atoms with Gasteiger partial charge in [0.2, 0.25) is 0 Å². The Hall–Kier alpha value is -1.37. The van der Waals surface area contributed by atoms with Crippen LogP contribution in [-0.4, -0.2) is 6.29 Å². The number of hydrogen-bond donors (Lipinski definition) is 0. The lowest BCUT2D eigenvalue weighted by atomic mass is 9.78. The Balaban J connectivity index is 2.95. The molecule has 1 unspecified atom stereocenters. The van der Waals surface area contributed by atoms with E-state index in [1.54, 1.807) is 0 Å². The molecule has 0 bridgehead atoms. The first kappa shape index (κ1) is 13.7. The van der Waals surface area contributed by atoms with Gasteiger partial charge in [-0.25, -0.2) is 0 Å². The molecule has 1 atom stereocenters. The Bertz CT molecular complexity index is 382. The van der Waals surface area contributed by atoms with Gasteiger partial charge in [0.05, 0.1) is 0 Å². The summed E-state index contributed by atoms with van der Waals surface area (Å²) in [6.45, 7) is 8.64. The Morgan fingerprint density at radius 3 is 2.29 bits per heavy atom. The molecule has 1 aromatic carbocycles. The van der Waals surface area contributed by atoms with Crippen LogP contribution < -0.4 is 0 Å². The lowest BCUT2D eigenvalue weighted by molar-refractivity contribution is -0.108. The number of hydrogen-bond acceptors (Lipinski definition) is 1. The van der Waals surface area contributed by atoms with Crippen molar-refractivity contribution >= 4 is 11.9 Å². The van der Waals surface area contributed by atoms with Gasteiger partial charge in [-0.3, -0.25) is 0 Å². The fourth-order valence-corrected chi connectivity index (χ4v) is 1.87. The molecule has 0 aliphatic rings. The van der Waals surface area contributed by atoms with Gasteiger partial charge in [0.25, 0.3) is 0 Å². The van der Waals surface area contributed by atoms with Crippen LogP contribution in [0.5, 0.6) is 0 Å². The Morgan fingerprint density at radius 1 is 1.24 bits per heavy atom. The van der Waals surface area contributed by atoms with Crippen LogP contribution in [0.1, 0.15) is 39.7 Å². The zero-order valence-corrected chi connectivity index (χ0v) is 11.2. The number of aldehydes is 1. The zero-order chi connectivity index (χ0) is 12.9. The third-order valence-electron chi connectivity index (χ3n) is 3.14. The average Bonchev–Trinajstić information content (AvgIpc) is 2.28. The van der Waals surface area contributed by atoms with E-state index in [4.69, 9.17) is 0 Å². The van der Waals surface area contributed by atoms with E-state index in [1.165, 1.54) is 11.1 Å². The van der Waals surface area contributed by atoms with Crippen molar-refractivity contribution in [3.63, 3.8) is 0 Å². The lowest BCUT2D eigenvalue weighted by Crippen LogP contribution is -2.19. The standard InChI is InChI=1S/C16H22O/c1-13(14-8-6-5-7-9-14)12-15(10-11-17)16(2,3)4/h5-9,11-12,15H,10H2,1-4H3/b13-12+. The van der Waals surface area contributed by atoms with Crippen molar-refractivity contribution in [2.45, 2.75) is 34.1 Å². The Kier molecular flexibility index (Phi) is 4.68. The lowest BCUT2D eigenvalue weighted by Gasteiger charge is -2.27. The number of carbonyl (C=O) groups excluding carboxylic acids is 1. The minimum absolute atomic E-state index is 0.122. The van der Waals surface area contributed by atoms with Crippen LogP contribution in [0.2, 0.25) is 0 Å². The van der Waals surface area contributed by atoms with Crippen LogP contribution in [0.25, 0.3) is 5.57 Å². The summed E-state index contributed by atoms with van der Waals surface area (Å²) in [6.07, 6.45) is 3.84. The molecule has 0 saturated carbocycles. The maximum atomic E-state index is 10.8. The highest BCUT2D eigenvalue weighted by Gasteiger charge is 2.22. The average molecular weight is 230 g/mol. The van der Waals surface area contributed by atoms with Crippen LogP contribution in [-0.2, 0) is 4.79 Å². The molecule has 1 aromatic rings. The van der Waals surface area contributed by atoms with E-state index in [9.17, 15) is 4.79 Å². The third kappa shape index (κ3) is 4.18. The maximum absolute atomic E-state index is 10.8. The molecule has 1 rings (SSSR count). The molecule has 0 fully saturated rings. The molecule has 0 spiro atoms. The highest BCUT2D eigenvalue weighted by molar-refractivity contribution is 5.64. The van der Waals surface area contributed by atoms with Crippen LogP contribution in [0.15, 0.2) is 36.4 Å². The normalized spacial score (nSPS) is 14.5. The number of benzene rings is 1. The molecule has 1 nitrogen and oxygen atoms in total. The molecule has 0 N–H and O–H groups in total. The molecule has 0 aromatic heterocycles. The zero-order valence-electron chi connectivity index (χ0n) is 11.2. The van der Waals surface area contributed by atoms with Gasteiger partial charge in [0.1, 0.15) is 6.29 Å². The quantitative estimate of drug-likeness (QED) is 0.703. The molecular formula is C16H22O. The van der Waals surface area contributed by atoms with E-state index in [0.717, 1.165) is 6.29 Å². The van der Waals surface area contributed by atoms with E-state index >= 15 is 0 Å². The van der Waals surface area contributed by atoms with Gasteiger partial charge in [0, 0.05) is 6.42 Å². The number of allylic oxidation sites excluding steroid dienone is 2. The van der Waals surface area contributed by atoms with Crippen LogP contribution >= 0.6 is 0 Å². The fraction of sp³-hybridized carbons (Fsp3) is 0.438. The molecule has 92 valence electrons. The van der Waals surface area contributed by atoms with E-state index in [1.807, 2.05) is 18.2 Å². The predicted molar refractivity (Wildman–Crippen MR) is 73.7 cm³/mol. The molecule has 0 radical (unpaired) electrons. The van der Waals surface area contributed by atoms with Gasteiger partial charge >= 0.3 is 0 Å².